The van der Waals surface area contributed by atoms with E-state index >= 15 is 0 Å². The Balaban J connectivity index is 1.61. The van der Waals surface area contributed by atoms with Crippen LogP contribution in [0, 0.1) is 0 Å². The standard InChI is InChI=1S/C17H18N2O4S/c20-17(16-6-12-23-14-16)18-8-10-19(11-9-18)24(21,22)13-7-15-4-2-1-3-5-15/h1-7,12-14H,8-11H2/b13-7+. The van der Waals surface area contributed by atoms with Gasteiger partial charge in [0.05, 0.1) is 11.8 Å². The Morgan fingerprint density at radius 1 is 1.04 bits per heavy atom. The van der Waals surface area contributed by atoms with E-state index in [1.165, 1.54) is 22.2 Å². The number of benzene rings is 1. The molecule has 2 aromatic rings. The molecule has 1 fully saturated rings. The van der Waals surface area contributed by atoms with Crippen molar-refractivity contribution in [2.24, 2.45) is 0 Å². The molecular formula is C17H18N2O4S. The predicted octanol–water partition coefficient (Wildman–Crippen LogP) is 2.04. The number of carbonyl (C=O) groups is 1. The number of nitrogens with zero attached hydrogens (tertiary/aromatic N) is 2. The summed E-state index contributed by atoms with van der Waals surface area (Å²) in [5.41, 5.74) is 1.31. The van der Waals surface area contributed by atoms with Gasteiger partial charge in [-0.05, 0) is 17.7 Å². The van der Waals surface area contributed by atoms with Crippen LogP contribution in [0.5, 0.6) is 0 Å². The Kier molecular flexibility index (Phi) is 4.82. The van der Waals surface area contributed by atoms with E-state index in [1.807, 2.05) is 30.3 Å². The molecular weight excluding hydrogens is 328 g/mol. The maximum atomic E-state index is 12.4. The topological polar surface area (TPSA) is 70.8 Å². The van der Waals surface area contributed by atoms with Crippen molar-refractivity contribution < 1.29 is 17.6 Å². The zero-order chi connectivity index (χ0) is 17.0. The first-order valence-corrected chi connectivity index (χ1v) is 9.11. The smallest absolute Gasteiger partial charge is 0.257 e. The lowest BCUT2D eigenvalue weighted by Gasteiger charge is -2.33. The zero-order valence-electron chi connectivity index (χ0n) is 13.0. The van der Waals surface area contributed by atoms with Crippen molar-refractivity contribution in [3.63, 3.8) is 0 Å². The van der Waals surface area contributed by atoms with Gasteiger partial charge in [-0.3, -0.25) is 4.79 Å². The molecule has 1 aromatic heterocycles. The summed E-state index contributed by atoms with van der Waals surface area (Å²) in [7, 11) is -3.49. The second-order valence-corrected chi connectivity index (χ2v) is 7.28. The first-order valence-electron chi connectivity index (χ1n) is 7.61. The maximum absolute atomic E-state index is 12.4. The van der Waals surface area contributed by atoms with E-state index in [0.29, 0.717) is 18.7 Å². The molecule has 0 atom stereocenters. The number of hydrogen-bond acceptors (Lipinski definition) is 4. The van der Waals surface area contributed by atoms with E-state index in [2.05, 4.69) is 0 Å². The number of amides is 1. The summed E-state index contributed by atoms with van der Waals surface area (Å²) in [6, 6.07) is 10.9. The molecule has 7 heteroatoms. The molecule has 1 aliphatic heterocycles. The van der Waals surface area contributed by atoms with Crippen molar-refractivity contribution in [3.8, 4) is 0 Å². The van der Waals surface area contributed by atoms with Gasteiger partial charge < -0.3 is 9.32 Å². The minimum atomic E-state index is -3.49. The van der Waals surface area contributed by atoms with Crippen LogP contribution in [0.25, 0.3) is 6.08 Å². The molecule has 1 saturated heterocycles. The Morgan fingerprint density at radius 2 is 1.75 bits per heavy atom. The average Bonchev–Trinajstić information content (AvgIpc) is 3.15. The summed E-state index contributed by atoms with van der Waals surface area (Å²) in [5.74, 6) is -0.138. The summed E-state index contributed by atoms with van der Waals surface area (Å²) in [4.78, 5) is 13.8. The van der Waals surface area contributed by atoms with Crippen LogP contribution >= 0.6 is 0 Å². The van der Waals surface area contributed by atoms with Crippen LogP contribution in [0.3, 0.4) is 0 Å². The first-order chi connectivity index (χ1) is 11.6. The van der Waals surface area contributed by atoms with Crippen LogP contribution in [0.2, 0.25) is 0 Å². The monoisotopic (exact) mass is 346 g/mol. The summed E-state index contributed by atoms with van der Waals surface area (Å²) in [6.07, 6.45) is 4.43. The molecule has 126 valence electrons. The fourth-order valence-electron chi connectivity index (χ4n) is 2.53. The Morgan fingerprint density at radius 3 is 2.38 bits per heavy atom. The molecule has 0 saturated carbocycles. The molecule has 0 aliphatic carbocycles. The van der Waals surface area contributed by atoms with Gasteiger partial charge in [-0.15, -0.1) is 0 Å². The molecule has 0 spiro atoms. The van der Waals surface area contributed by atoms with E-state index in [4.69, 9.17) is 4.42 Å². The molecule has 0 bridgehead atoms. The lowest BCUT2D eigenvalue weighted by Crippen LogP contribution is -2.50. The number of sulfonamides is 1. The second-order valence-electron chi connectivity index (χ2n) is 5.46. The molecule has 1 aromatic carbocycles. The first kappa shape index (κ1) is 16.5. The van der Waals surface area contributed by atoms with Crippen LogP contribution in [0.4, 0.5) is 0 Å². The van der Waals surface area contributed by atoms with E-state index in [0.717, 1.165) is 5.56 Å². The Labute approximate surface area is 141 Å². The highest BCUT2D eigenvalue weighted by molar-refractivity contribution is 7.92. The van der Waals surface area contributed by atoms with Crippen LogP contribution in [0.1, 0.15) is 15.9 Å². The normalized spacial score (nSPS) is 16.6. The van der Waals surface area contributed by atoms with Gasteiger partial charge in [-0.2, -0.15) is 4.31 Å². The van der Waals surface area contributed by atoms with Crippen molar-refractivity contribution in [2.45, 2.75) is 0 Å². The minimum absolute atomic E-state index is 0.138. The fraction of sp³-hybridized carbons (Fsp3) is 0.235. The van der Waals surface area contributed by atoms with Crippen LogP contribution in [-0.2, 0) is 10.0 Å². The molecule has 3 rings (SSSR count). The third-order valence-corrected chi connectivity index (χ3v) is 5.45. The van der Waals surface area contributed by atoms with Crippen molar-refractivity contribution >= 4 is 22.0 Å². The van der Waals surface area contributed by atoms with Gasteiger partial charge in [0.2, 0.25) is 10.0 Å². The number of hydrogen-bond donors (Lipinski definition) is 0. The van der Waals surface area contributed by atoms with Gasteiger partial charge in [0.15, 0.2) is 0 Å². The van der Waals surface area contributed by atoms with Crippen LogP contribution < -0.4 is 0 Å². The molecule has 2 heterocycles. The molecule has 1 amide bonds. The predicted molar refractivity (Wildman–Crippen MR) is 90.6 cm³/mol. The Bertz CT molecular complexity index is 806. The van der Waals surface area contributed by atoms with Gasteiger partial charge in [0, 0.05) is 31.6 Å². The molecule has 1 aliphatic rings. The van der Waals surface area contributed by atoms with Crippen molar-refractivity contribution in [1.29, 1.82) is 0 Å². The second kappa shape index (κ2) is 7.02. The zero-order valence-corrected chi connectivity index (χ0v) is 13.9. The van der Waals surface area contributed by atoms with E-state index in [-0.39, 0.29) is 19.0 Å². The summed E-state index contributed by atoms with van der Waals surface area (Å²) >= 11 is 0. The molecule has 24 heavy (non-hydrogen) atoms. The third-order valence-electron chi connectivity index (χ3n) is 3.89. The maximum Gasteiger partial charge on any atom is 0.257 e. The largest absolute Gasteiger partial charge is 0.472 e. The fourth-order valence-corrected chi connectivity index (χ4v) is 3.70. The quantitative estimate of drug-likeness (QED) is 0.849. The summed E-state index contributed by atoms with van der Waals surface area (Å²) < 4.78 is 31.1. The molecule has 0 unspecified atom stereocenters. The van der Waals surface area contributed by atoms with E-state index < -0.39 is 10.0 Å². The van der Waals surface area contributed by atoms with Crippen LogP contribution in [0.15, 0.2) is 58.7 Å². The van der Waals surface area contributed by atoms with Crippen molar-refractivity contribution in [1.82, 2.24) is 9.21 Å². The molecule has 0 radical (unpaired) electrons. The van der Waals surface area contributed by atoms with Crippen molar-refractivity contribution in [2.75, 3.05) is 26.2 Å². The van der Waals surface area contributed by atoms with E-state index in [9.17, 15) is 13.2 Å². The van der Waals surface area contributed by atoms with Gasteiger partial charge in [0.1, 0.15) is 6.26 Å². The van der Waals surface area contributed by atoms with Crippen molar-refractivity contribution in [3.05, 3.63) is 65.5 Å². The highest BCUT2D eigenvalue weighted by atomic mass is 32.2. The minimum Gasteiger partial charge on any atom is -0.472 e. The number of furan rings is 1. The van der Waals surface area contributed by atoms with Crippen LogP contribution in [-0.4, -0.2) is 49.7 Å². The SMILES string of the molecule is O=C(c1ccoc1)N1CCN(S(=O)(=O)/C=C/c2ccccc2)CC1. The number of rotatable bonds is 4. The third kappa shape index (κ3) is 3.74. The van der Waals surface area contributed by atoms with Gasteiger partial charge in [0.25, 0.3) is 5.91 Å². The lowest BCUT2D eigenvalue weighted by molar-refractivity contribution is 0.0698. The number of carbonyl (C=O) groups excluding carboxylic acids is 1. The Hall–Kier alpha value is -2.38. The van der Waals surface area contributed by atoms with Gasteiger partial charge >= 0.3 is 0 Å². The van der Waals surface area contributed by atoms with E-state index in [1.54, 1.807) is 17.0 Å². The highest BCUT2D eigenvalue weighted by Crippen LogP contribution is 2.14. The summed E-state index contributed by atoms with van der Waals surface area (Å²) in [6.45, 7) is 1.29. The van der Waals surface area contributed by atoms with Gasteiger partial charge in [-0.1, -0.05) is 30.3 Å². The molecule has 0 N–H and O–H groups in total. The average molecular weight is 346 g/mol. The lowest BCUT2D eigenvalue weighted by atomic mass is 10.2. The molecule has 6 nitrogen and oxygen atoms in total. The highest BCUT2D eigenvalue weighted by Gasteiger charge is 2.28. The van der Waals surface area contributed by atoms with Gasteiger partial charge in [-0.25, -0.2) is 8.42 Å². The number of piperazine rings is 1. The summed E-state index contributed by atoms with van der Waals surface area (Å²) in [5, 5.41) is 1.22.